The molecule has 1 amide bonds. The van der Waals surface area contributed by atoms with E-state index in [2.05, 4.69) is 5.32 Å². The summed E-state index contributed by atoms with van der Waals surface area (Å²) in [6, 6.07) is 18.6. The van der Waals surface area contributed by atoms with Crippen molar-refractivity contribution in [1.82, 2.24) is 0 Å². The quantitative estimate of drug-likeness (QED) is 0.880. The number of ether oxygens (including phenoxy) is 1. The number of esters is 1. The molecule has 3 rings (SSSR count). The number of benzene rings is 2. The van der Waals surface area contributed by atoms with Crippen LogP contribution in [0.3, 0.4) is 0 Å². The van der Waals surface area contributed by atoms with Crippen LogP contribution in [0, 0.1) is 5.92 Å². The molecule has 0 spiro atoms. The average molecular weight is 281 g/mol. The van der Waals surface area contributed by atoms with E-state index < -0.39 is 12.0 Å². The number of hydrogen-bond acceptors (Lipinski definition) is 3. The van der Waals surface area contributed by atoms with Crippen LogP contribution in [0.25, 0.3) is 0 Å². The van der Waals surface area contributed by atoms with Crippen LogP contribution >= 0.6 is 0 Å². The Labute approximate surface area is 122 Å². The van der Waals surface area contributed by atoms with E-state index in [4.69, 9.17) is 4.74 Å². The maximum atomic E-state index is 12.4. The summed E-state index contributed by atoms with van der Waals surface area (Å²) in [7, 11) is 0. The lowest BCUT2D eigenvalue weighted by molar-refractivity contribution is -0.141. The van der Waals surface area contributed by atoms with E-state index in [1.54, 1.807) is 0 Å². The van der Waals surface area contributed by atoms with Crippen molar-refractivity contribution >= 4 is 17.6 Å². The number of anilines is 1. The highest BCUT2D eigenvalue weighted by Gasteiger charge is 2.40. The molecule has 1 aliphatic heterocycles. The van der Waals surface area contributed by atoms with Crippen LogP contribution in [0.4, 0.5) is 5.69 Å². The summed E-state index contributed by atoms with van der Waals surface area (Å²) in [6.07, 6.45) is -0.402. The van der Waals surface area contributed by atoms with Crippen molar-refractivity contribution in [3.8, 4) is 0 Å². The zero-order chi connectivity index (χ0) is 14.7. The third kappa shape index (κ3) is 2.94. The molecule has 1 saturated heterocycles. The Hall–Kier alpha value is -2.62. The lowest BCUT2D eigenvalue weighted by atomic mass is 9.94. The number of carbonyl (C=O) groups is 2. The maximum absolute atomic E-state index is 12.4. The Morgan fingerprint density at radius 1 is 1.00 bits per heavy atom. The maximum Gasteiger partial charge on any atom is 0.307 e. The summed E-state index contributed by atoms with van der Waals surface area (Å²) in [5, 5.41) is 2.83. The molecule has 1 heterocycles. The molecule has 1 fully saturated rings. The van der Waals surface area contributed by atoms with E-state index in [0.29, 0.717) is 5.69 Å². The van der Waals surface area contributed by atoms with Gasteiger partial charge >= 0.3 is 5.97 Å². The molecule has 0 bridgehead atoms. The minimum Gasteiger partial charge on any atom is -0.457 e. The summed E-state index contributed by atoms with van der Waals surface area (Å²) in [4.78, 5) is 24.0. The molecule has 2 atom stereocenters. The Morgan fingerprint density at radius 2 is 1.62 bits per heavy atom. The Balaban J connectivity index is 1.79. The summed E-state index contributed by atoms with van der Waals surface area (Å²) in [5.74, 6) is -1.03. The Bertz CT molecular complexity index is 640. The highest BCUT2D eigenvalue weighted by Crippen LogP contribution is 2.35. The highest BCUT2D eigenvalue weighted by molar-refractivity contribution is 5.96. The molecule has 0 aromatic heterocycles. The van der Waals surface area contributed by atoms with Crippen LogP contribution < -0.4 is 5.32 Å². The van der Waals surface area contributed by atoms with Gasteiger partial charge < -0.3 is 10.1 Å². The zero-order valence-electron chi connectivity index (χ0n) is 11.4. The number of nitrogens with one attached hydrogen (secondary N) is 1. The highest BCUT2D eigenvalue weighted by atomic mass is 16.6. The van der Waals surface area contributed by atoms with E-state index in [1.165, 1.54) is 0 Å². The van der Waals surface area contributed by atoms with Gasteiger partial charge in [0.15, 0.2) is 0 Å². The number of amides is 1. The van der Waals surface area contributed by atoms with Gasteiger partial charge in [-0.05, 0) is 17.7 Å². The van der Waals surface area contributed by atoms with Crippen LogP contribution in [-0.2, 0) is 14.3 Å². The minimum absolute atomic E-state index is 0.109. The number of hydrogen-bond donors (Lipinski definition) is 1. The summed E-state index contributed by atoms with van der Waals surface area (Å²) < 4.78 is 5.32. The third-order valence-electron chi connectivity index (χ3n) is 3.52. The van der Waals surface area contributed by atoms with E-state index in [1.807, 2.05) is 60.7 Å². The molecule has 1 aliphatic rings. The summed E-state index contributed by atoms with van der Waals surface area (Å²) in [5.41, 5.74) is 1.56. The van der Waals surface area contributed by atoms with Gasteiger partial charge in [0.05, 0.1) is 12.3 Å². The van der Waals surface area contributed by atoms with Crippen molar-refractivity contribution in [2.75, 3.05) is 5.32 Å². The minimum atomic E-state index is -0.512. The first-order valence-corrected chi connectivity index (χ1v) is 6.84. The van der Waals surface area contributed by atoms with Crippen molar-refractivity contribution in [1.29, 1.82) is 0 Å². The van der Waals surface area contributed by atoms with Crippen LogP contribution in [0.5, 0.6) is 0 Å². The molecule has 0 radical (unpaired) electrons. The zero-order valence-corrected chi connectivity index (χ0v) is 11.4. The second-order valence-electron chi connectivity index (χ2n) is 4.99. The molecule has 2 aromatic carbocycles. The smallest absolute Gasteiger partial charge is 0.307 e. The first-order valence-electron chi connectivity index (χ1n) is 6.84. The number of rotatable bonds is 3. The molecule has 0 aliphatic carbocycles. The fraction of sp³-hybridized carbons (Fsp3) is 0.176. The van der Waals surface area contributed by atoms with Gasteiger partial charge in [0.25, 0.3) is 0 Å². The first-order chi connectivity index (χ1) is 10.2. The van der Waals surface area contributed by atoms with E-state index in [0.717, 1.165) is 5.56 Å². The van der Waals surface area contributed by atoms with Crippen LogP contribution in [0.15, 0.2) is 60.7 Å². The molecule has 0 saturated carbocycles. The van der Waals surface area contributed by atoms with Crippen molar-refractivity contribution in [3.63, 3.8) is 0 Å². The Morgan fingerprint density at radius 3 is 2.29 bits per heavy atom. The lowest BCUT2D eigenvalue weighted by Gasteiger charge is -2.17. The SMILES string of the molecule is O=C1C[C@@H](C(=O)Nc2ccccc2)[C@H](c2ccccc2)O1. The normalized spacial score (nSPS) is 20.9. The lowest BCUT2D eigenvalue weighted by Crippen LogP contribution is -2.25. The van der Waals surface area contributed by atoms with Crippen molar-refractivity contribution in [2.24, 2.45) is 5.92 Å². The van der Waals surface area contributed by atoms with Gasteiger partial charge in [-0.3, -0.25) is 9.59 Å². The molecular formula is C17H15NO3. The van der Waals surface area contributed by atoms with Gasteiger partial charge in [0, 0.05) is 5.69 Å². The van der Waals surface area contributed by atoms with Gasteiger partial charge in [-0.15, -0.1) is 0 Å². The number of carbonyl (C=O) groups excluding carboxylic acids is 2. The van der Waals surface area contributed by atoms with E-state index >= 15 is 0 Å². The Kier molecular flexibility index (Phi) is 3.69. The predicted molar refractivity (Wildman–Crippen MR) is 78.5 cm³/mol. The van der Waals surface area contributed by atoms with Crippen molar-refractivity contribution < 1.29 is 14.3 Å². The standard InChI is InChI=1S/C17H15NO3/c19-15-11-14(16(21-15)12-7-3-1-4-8-12)17(20)18-13-9-5-2-6-10-13/h1-10,14,16H,11H2,(H,18,20)/t14-,16+/m1/s1. The molecule has 4 nitrogen and oxygen atoms in total. The van der Waals surface area contributed by atoms with Gasteiger partial charge in [0.2, 0.25) is 5.91 Å². The second-order valence-corrected chi connectivity index (χ2v) is 4.99. The molecule has 4 heteroatoms. The van der Waals surface area contributed by atoms with Crippen molar-refractivity contribution in [2.45, 2.75) is 12.5 Å². The number of cyclic esters (lactones) is 1. The van der Waals surface area contributed by atoms with E-state index in [9.17, 15) is 9.59 Å². The van der Waals surface area contributed by atoms with Crippen molar-refractivity contribution in [3.05, 3.63) is 66.2 Å². The summed E-state index contributed by atoms with van der Waals surface area (Å²) >= 11 is 0. The topological polar surface area (TPSA) is 55.4 Å². The molecule has 106 valence electrons. The second kappa shape index (κ2) is 5.79. The fourth-order valence-electron chi connectivity index (χ4n) is 2.49. The van der Waals surface area contributed by atoms with Crippen LogP contribution in [-0.4, -0.2) is 11.9 Å². The van der Waals surface area contributed by atoms with Gasteiger partial charge in [-0.25, -0.2) is 0 Å². The first kappa shape index (κ1) is 13.4. The fourth-order valence-corrected chi connectivity index (χ4v) is 2.49. The molecular weight excluding hydrogens is 266 g/mol. The molecule has 2 aromatic rings. The van der Waals surface area contributed by atoms with Gasteiger partial charge in [0.1, 0.15) is 6.10 Å². The van der Waals surface area contributed by atoms with Crippen LogP contribution in [0.2, 0.25) is 0 Å². The van der Waals surface area contributed by atoms with Gasteiger partial charge in [-0.1, -0.05) is 48.5 Å². The largest absolute Gasteiger partial charge is 0.457 e. The molecule has 21 heavy (non-hydrogen) atoms. The number of para-hydroxylation sites is 1. The monoisotopic (exact) mass is 281 g/mol. The predicted octanol–water partition coefficient (Wildman–Crippen LogP) is 2.93. The molecule has 1 N–H and O–H groups in total. The third-order valence-corrected chi connectivity index (χ3v) is 3.52. The summed E-state index contributed by atoms with van der Waals surface area (Å²) in [6.45, 7) is 0. The van der Waals surface area contributed by atoms with E-state index in [-0.39, 0.29) is 18.3 Å². The van der Waals surface area contributed by atoms with Gasteiger partial charge in [-0.2, -0.15) is 0 Å². The molecule has 0 unspecified atom stereocenters. The average Bonchev–Trinajstić information content (AvgIpc) is 2.91. The van der Waals surface area contributed by atoms with Crippen LogP contribution in [0.1, 0.15) is 18.1 Å².